The second kappa shape index (κ2) is 6.59. The van der Waals surface area contributed by atoms with Gasteiger partial charge in [0.25, 0.3) is 0 Å². The highest BCUT2D eigenvalue weighted by atomic mass is 16.1. The average Bonchev–Trinajstić information content (AvgIpc) is 1.89. The molecule has 0 aromatic heterocycles. The molecule has 2 nitrogen and oxygen atoms in total. The summed E-state index contributed by atoms with van der Waals surface area (Å²) < 4.78 is 0. The number of hydrogen-bond acceptors (Lipinski definition) is 1. The fourth-order valence-corrected chi connectivity index (χ4v) is 0.662. The SMILES string of the molecule is C[CH]CC(=O)NCCCC. The lowest BCUT2D eigenvalue weighted by atomic mass is 10.3. The molecular weight excluding hydrogens is 126 g/mol. The maximum absolute atomic E-state index is 10.8. The number of nitrogens with one attached hydrogen (secondary N) is 1. The summed E-state index contributed by atoms with van der Waals surface area (Å²) in [5, 5.41) is 2.81. The van der Waals surface area contributed by atoms with Crippen LogP contribution < -0.4 is 5.32 Å². The van der Waals surface area contributed by atoms with E-state index in [0.717, 1.165) is 19.4 Å². The minimum atomic E-state index is 0.135. The van der Waals surface area contributed by atoms with Crippen molar-refractivity contribution in [2.24, 2.45) is 0 Å². The van der Waals surface area contributed by atoms with Crippen molar-refractivity contribution in [1.29, 1.82) is 0 Å². The second-order valence-electron chi connectivity index (χ2n) is 2.32. The third kappa shape index (κ3) is 5.60. The molecule has 0 spiro atoms. The summed E-state index contributed by atoms with van der Waals surface area (Å²) in [5.41, 5.74) is 0. The molecule has 1 radical (unpaired) electrons. The molecule has 1 amide bonds. The van der Waals surface area contributed by atoms with Gasteiger partial charge in [-0.05, 0) is 12.8 Å². The van der Waals surface area contributed by atoms with Crippen LogP contribution in [0.15, 0.2) is 0 Å². The van der Waals surface area contributed by atoms with E-state index in [1.54, 1.807) is 0 Å². The monoisotopic (exact) mass is 142 g/mol. The molecule has 0 saturated carbocycles. The van der Waals surface area contributed by atoms with Crippen LogP contribution in [0.1, 0.15) is 33.1 Å². The number of hydrogen-bond donors (Lipinski definition) is 1. The van der Waals surface area contributed by atoms with Crippen LogP contribution in [-0.4, -0.2) is 12.5 Å². The van der Waals surface area contributed by atoms with Gasteiger partial charge >= 0.3 is 0 Å². The lowest BCUT2D eigenvalue weighted by molar-refractivity contribution is -0.120. The topological polar surface area (TPSA) is 29.1 Å². The molecule has 0 aliphatic heterocycles. The molecule has 0 saturated heterocycles. The van der Waals surface area contributed by atoms with Crippen LogP contribution in [0.5, 0.6) is 0 Å². The van der Waals surface area contributed by atoms with Crippen LogP contribution in [0.3, 0.4) is 0 Å². The molecule has 0 aromatic carbocycles. The van der Waals surface area contributed by atoms with E-state index < -0.39 is 0 Å². The Balaban J connectivity index is 3.05. The molecule has 0 bridgehead atoms. The number of rotatable bonds is 5. The maximum Gasteiger partial charge on any atom is 0.220 e. The highest BCUT2D eigenvalue weighted by Crippen LogP contribution is 1.86. The molecule has 0 aliphatic rings. The van der Waals surface area contributed by atoms with Crippen molar-refractivity contribution in [1.82, 2.24) is 5.32 Å². The van der Waals surface area contributed by atoms with Gasteiger partial charge in [-0.25, -0.2) is 0 Å². The zero-order valence-electron chi connectivity index (χ0n) is 6.81. The highest BCUT2D eigenvalue weighted by Gasteiger charge is 1.95. The zero-order chi connectivity index (χ0) is 7.82. The van der Waals surface area contributed by atoms with Crippen molar-refractivity contribution in [2.45, 2.75) is 33.1 Å². The van der Waals surface area contributed by atoms with Gasteiger partial charge in [-0.15, -0.1) is 0 Å². The number of unbranched alkanes of at least 4 members (excludes halogenated alkanes) is 1. The largest absolute Gasteiger partial charge is 0.356 e. The summed E-state index contributed by atoms with van der Waals surface area (Å²) in [6, 6.07) is 0. The third-order valence-electron chi connectivity index (χ3n) is 1.24. The molecule has 2 heteroatoms. The van der Waals surface area contributed by atoms with E-state index in [0.29, 0.717) is 6.42 Å². The Morgan fingerprint density at radius 1 is 1.60 bits per heavy atom. The number of amides is 1. The first-order chi connectivity index (χ1) is 4.81. The summed E-state index contributed by atoms with van der Waals surface area (Å²) in [7, 11) is 0. The third-order valence-corrected chi connectivity index (χ3v) is 1.24. The summed E-state index contributed by atoms with van der Waals surface area (Å²) in [5.74, 6) is 0.135. The van der Waals surface area contributed by atoms with Crippen LogP contribution in [-0.2, 0) is 4.79 Å². The van der Waals surface area contributed by atoms with Gasteiger partial charge in [0, 0.05) is 13.0 Å². The average molecular weight is 142 g/mol. The van der Waals surface area contributed by atoms with Gasteiger partial charge in [0.2, 0.25) is 5.91 Å². The van der Waals surface area contributed by atoms with Crippen LogP contribution in [0, 0.1) is 6.42 Å². The van der Waals surface area contributed by atoms with Crippen LogP contribution in [0.2, 0.25) is 0 Å². The number of carbonyl (C=O) groups is 1. The van der Waals surface area contributed by atoms with Crippen molar-refractivity contribution in [3.05, 3.63) is 6.42 Å². The second-order valence-corrected chi connectivity index (χ2v) is 2.32. The van der Waals surface area contributed by atoms with Crippen molar-refractivity contribution in [3.63, 3.8) is 0 Å². The van der Waals surface area contributed by atoms with Gasteiger partial charge in [0.1, 0.15) is 0 Å². The molecule has 59 valence electrons. The van der Waals surface area contributed by atoms with Gasteiger partial charge in [0.15, 0.2) is 0 Å². The first-order valence-electron chi connectivity index (χ1n) is 3.85. The first-order valence-corrected chi connectivity index (χ1v) is 3.85. The molecule has 0 aromatic rings. The van der Waals surface area contributed by atoms with E-state index in [2.05, 4.69) is 12.2 Å². The smallest absolute Gasteiger partial charge is 0.220 e. The van der Waals surface area contributed by atoms with Gasteiger partial charge in [-0.1, -0.05) is 20.3 Å². The first kappa shape index (κ1) is 9.47. The van der Waals surface area contributed by atoms with Crippen LogP contribution in [0.25, 0.3) is 0 Å². The number of carbonyl (C=O) groups excluding carboxylic acids is 1. The Labute approximate surface area is 63.0 Å². The van der Waals surface area contributed by atoms with Crippen molar-refractivity contribution >= 4 is 5.91 Å². The van der Waals surface area contributed by atoms with E-state index in [-0.39, 0.29) is 5.91 Å². The summed E-state index contributed by atoms with van der Waals surface area (Å²) >= 11 is 0. The molecule has 10 heavy (non-hydrogen) atoms. The van der Waals surface area contributed by atoms with E-state index in [4.69, 9.17) is 0 Å². The van der Waals surface area contributed by atoms with Crippen LogP contribution >= 0.6 is 0 Å². The van der Waals surface area contributed by atoms with Crippen molar-refractivity contribution < 1.29 is 4.79 Å². The minimum absolute atomic E-state index is 0.135. The zero-order valence-corrected chi connectivity index (χ0v) is 6.81. The Hall–Kier alpha value is -0.530. The van der Waals surface area contributed by atoms with Gasteiger partial charge < -0.3 is 5.32 Å². The molecule has 1 N–H and O–H groups in total. The Kier molecular flexibility index (Phi) is 6.24. The quantitative estimate of drug-likeness (QED) is 0.579. The molecule has 0 atom stereocenters. The van der Waals surface area contributed by atoms with Gasteiger partial charge in [0.05, 0.1) is 0 Å². The molecule has 0 heterocycles. The minimum Gasteiger partial charge on any atom is -0.356 e. The van der Waals surface area contributed by atoms with Crippen molar-refractivity contribution in [3.8, 4) is 0 Å². The van der Waals surface area contributed by atoms with Gasteiger partial charge in [-0.3, -0.25) is 4.79 Å². The Morgan fingerprint density at radius 2 is 2.30 bits per heavy atom. The molecule has 0 rings (SSSR count). The van der Waals surface area contributed by atoms with E-state index in [9.17, 15) is 4.79 Å². The summed E-state index contributed by atoms with van der Waals surface area (Å²) in [6.07, 6.45) is 4.62. The molecular formula is C8H16NO. The molecule has 0 aliphatic carbocycles. The van der Waals surface area contributed by atoms with E-state index in [1.165, 1.54) is 0 Å². The summed E-state index contributed by atoms with van der Waals surface area (Å²) in [4.78, 5) is 10.8. The maximum atomic E-state index is 10.8. The highest BCUT2D eigenvalue weighted by molar-refractivity contribution is 5.76. The normalized spacial score (nSPS) is 9.40. The lowest BCUT2D eigenvalue weighted by Crippen LogP contribution is -2.23. The summed E-state index contributed by atoms with van der Waals surface area (Å²) in [6.45, 7) is 4.82. The van der Waals surface area contributed by atoms with E-state index >= 15 is 0 Å². The van der Waals surface area contributed by atoms with Crippen molar-refractivity contribution in [2.75, 3.05) is 6.54 Å². The molecule has 0 fully saturated rings. The van der Waals surface area contributed by atoms with Crippen LogP contribution in [0.4, 0.5) is 0 Å². The molecule has 0 unspecified atom stereocenters. The van der Waals surface area contributed by atoms with E-state index in [1.807, 2.05) is 13.3 Å². The standard InChI is InChI=1S/C8H16NO/c1-3-5-7-9-8(10)6-4-2/h4H,3,5-7H2,1-2H3,(H,9,10). The predicted octanol–water partition coefficient (Wildman–Crippen LogP) is 1.52. The lowest BCUT2D eigenvalue weighted by Gasteiger charge is -2.00. The predicted molar refractivity (Wildman–Crippen MR) is 42.5 cm³/mol. The fraction of sp³-hybridized carbons (Fsp3) is 0.750. The van der Waals surface area contributed by atoms with Gasteiger partial charge in [-0.2, -0.15) is 0 Å². The fourth-order valence-electron chi connectivity index (χ4n) is 0.662. The Bertz CT molecular complexity index is 91.3. The Morgan fingerprint density at radius 3 is 2.80 bits per heavy atom.